The molecule has 5 heteroatoms. The van der Waals surface area contributed by atoms with Gasteiger partial charge in [-0.15, -0.1) is 11.6 Å². The summed E-state index contributed by atoms with van der Waals surface area (Å²) in [5.74, 6) is -0.0424. The Hall–Kier alpha value is -0.580. The number of carbonyl (C=O) groups is 1. The van der Waals surface area contributed by atoms with E-state index >= 15 is 0 Å². The van der Waals surface area contributed by atoms with Crippen molar-refractivity contribution in [2.45, 2.75) is 5.38 Å². The second-order valence-electron chi connectivity index (χ2n) is 3.75. The molecule has 0 aliphatic heterocycles. The third-order valence-electron chi connectivity index (χ3n) is 2.26. The van der Waals surface area contributed by atoms with Gasteiger partial charge in [-0.1, -0.05) is 15.9 Å². The van der Waals surface area contributed by atoms with Crippen molar-refractivity contribution in [3.8, 4) is 0 Å². The lowest BCUT2D eigenvalue weighted by Crippen LogP contribution is -2.33. The Labute approximate surface area is 115 Å². The van der Waals surface area contributed by atoms with Gasteiger partial charge in [-0.2, -0.15) is 0 Å². The van der Waals surface area contributed by atoms with Crippen LogP contribution in [0, 0.1) is 0 Å². The van der Waals surface area contributed by atoms with Crippen molar-refractivity contribution in [2.75, 3.05) is 27.3 Å². The normalized spacial score (nSPS) is 12.2. The van der Waals surface area contributed by atoms with E-state index in [9.17, 15) is 4.79 Å². The Morgan fingerprint density at radius 2 is 2.06 bits per heavy atom. The molecule has 0 aliphatic carbocycles. The molecule has 0 fully saturated rings. The van der Waals surface area contributed by atoms with Gasteiger partial charge in [0.2, 0.25) is 0 Å². The fourth-order valence-corrected chi connectivity index (χ4v) is 2.02. The fourth-order valence-electron chi connectivity index (χ4n) is 1.43. The Balaban J connectivity index is 2.60. The van der Waals surface area contributed by atoms with Gasteiger partial charge >= 0.3 is 0 Å². The lowest BCUT2D eigenvalue weighted by molar-refractivity contribution is 0.0781. The van der Waals surface area contributed by atoms with E-state index in [1.54, 1.807) is 31.2 Å². The molecular formula is C12H15BrClNO2. The molecule has 0 radical (unpaired) electrons. The van der Waals surface area contributed by atoms with Gasteiger partial charge in [0.05, 0.1) is 12.0 Å². The van der Waals surface area contributed by atoms with Gasteiger partial charge in [0.25, 0.3) is 5.91 Å². The maximum absolute atomic E-state index is 12.0. The molecule has 0 saturated carbocycles. The minimum atomic E-state index is -0.190. The number of hydrogen-bond donors (Lipinski definition) is 0. The number of nitrogens with zero attached hydrogens (tertiary/aromatic N) is 1. The summed E-state index contributed by atoms with van der Waals surface area (Å²) < 4.78 is 5.88. The molecule has 0 spiro atoms. The Morgan fingerprint density at radius 3 is 2.59 bits per heavy atom. The van der Waals surface area contributed by atoms with E-state index in [1.807, 2.05) is 12.1 Å². The summed E-state index contributed by atoms with van der Waals surface area (Å²) in [4.78, 5) is 13.6. The van der Waals surface area contributed by atoms with Gasteiger partial charge in [-0.25, -0.2) is 0 Å². The van der Waals surface area contributed by atoms with Crippen LogP contribution in [0.3, 0.4) is 0 Å². The third-order valence-corrected chi connectivity index (χ3v) is 3.05. The molecule has 0 saturated heterocycles. The lowest BCUT2D eigenvalue weighted by atomic mass is 10.2. The highest BCUT2D eigenvalue weighted by molar-refractivity contribution is 9.10. The van der Waals surface area contributed by atoms with Crippen molar-refractivity contribution in [3.63, 3.8) is 0 Å². The van der Waals surface area contributed by atoms with Crippen LogP contribution in [0.15, 0.2) is 28.7 Å². The van der Waals surface area contributed by atoms with Gasteiger partial charge in [0.1, 0.15) is 0 Å². The van der Waals surface area contributed by atoms with Crippen LogP contribution in [0.25, 0.3) is 0 Å². The number of halogens is 2. The average molecular weight is 321 g/mol. The van der Waals surface area contributed by atoms with Crippen LogP contribution in [-0.4, -0.2) is 43.5 Å². The molecule has 1 amide bonds. The van der Waals surface area contributed by atoms with Gasteiger partial charge < -0.3 is 9.64 Å². The summed E-state index contributed by atoms with van der Waals surface area (Å²) >= 11 is 9.34. The van der Waals surface area contributed by atoms with Crippen molar-refractivity contribution in [1.29, 1.82) is 0 Å². The van der Waals surface area contributed by atoms with Crippen LogP contribution < -0.4 is 0 Å². The molecule has 1 unspecified atom stereocenters. The van der Waals surface area contributed by atoms with E-state index in [4.69, 9.17) is 16.3 Å². The molecular weight excluding hydrogens is 305 g/mol. The lowest BCUT2D eigenvalue weighted by Gasteiger charge is -2.20. The number of hydrogen-bond acceptors (Lipinski definition) is 2. The van der Waals surface area contributed by atoms with E-state index in [2.05, 4.69) is 15.9 Å². The number of amides is 1. The predicted molar refractivity (Wildman–Crippen MR) is 72.6 cm³/mol. The third kappa shape index (κ3) is 4.66. The van der Waals surface area contributed by atoms with Crippen LogP contribution in [0.4, 0.5) is 0 Å². The smallest absolute Gasteiger partial charge is 0.253 e. The number of rotatable bonds is 5. The topological polar surface area (TPSA) is 29.5 Å². The van der Waals surface area contributed by atoms with E-state index in [0.717, 1.165) is 4.47 Å². The molecule has 0 bridgehead atoms. The summed E-state index contributed by atoms with van der Waals surface area (Å²) in [5.41, 5.74) is 0.650. The molecule has 0 aliphatic rings. The molecule has 1 rings (SSSR count). The zero-order valence-electron chi connectivity index (χ0n) is 9.82. The van der Waals surface area contributed by atoms with Crippen LogP contribution in [0.2, 0.25) is 0 Å². The SMILES string of the molecule is COCC(Cl)CN(C)C(=O)c1ccc(Br)cc1. The largest absolute Gasteiger partial charge is 0.383 e. The number of methoxy groups -OCH3 is 1. The highest BCUT2D eigenvalue weighted by atomic mass is 79.9. The van der Waals surface area contributed by atoms with Crippen LogP contribution >= 0.6 is 27.5 Å². The molecule has 0 N–H and O–H groups in total. The molecule has 1 atom stereocenters. The van der Waals surface area contributed by atoms with E-state index in [0.29, 0.717) is 18.7 Å². The van der Waals surface area contributed by atoms with E-state index in [-0.39, 0.29) is 11.3 Å². The van der Waals surface area contributed by atoms with Crippen LogP contribution in [0.5, 0.6) is 0 Å². The standard InChI is InChI=1S/C12H15BrClNO2/c1-15(7-11(14)8-17-2)12(16)9-3-5-10(13)6-4-9/h3-6,11H,7-8H2,1-2H3. The monoisotopic (exact) mass is 319 g/mol. The van der Waals surface area contributed by atoms with Gasteiger partial charge in [-0.3, -0.25) is 4.79 Å². The quantitative estimate of drug-likeness (QED) is 0.781. The second kappa shape index (κ2) is 6.99. The highest BCUT2D eigenvalue weighted by Crippen LogP contribution is 2.12. The minimum Gasteiger partial charge on any atom is -0.383 e. The maximum Gasteiger partial charge on any atom is 0.253 e. The van der Waals surface area contributed by atoms with Gasteiger partial charge in [0.15, 0.2) is 0 Å². The zero-order valence-corrected chi connectivity index (χ0v) is 12.2. The first-order chi connectivity index (χ1) is 8.04. The summed E-state index contributed by atoms with van der Waals surface area (Å²) in [6.07, 6.45) is 0. The molecule has 0 aromatic heterocycles. The predicted octanol–water partition coefficient (Wildman–Crippen LogP) is 2.77. The number of benzene rings is 1. The van der Waals surface area contributed by atoms with Gasteiger partial charge in [0, 0.05) is 30.7 Å². The van der Waals surface area contributed by atoms with E-state index < -0.39 is 0 Å². The van der Waals surface area contributed by atoms with Crippen LogP contribution in [-0.2, 0) is 4.74 Å². The minimum absolute atomic E-state index is 0.0424. The molecule has 1 aromatic rings. The first-order valence-corrected chi connectivity index (χ1v) is 6.41. The second-order valence-corrected chi connectivity index (χ2v) is 5.28. The summed E-state index contributed by atoms with van der Waals surface area (Å²) in [6, 6.07) is 7.24. The molecule has 17 heavy (non-hydrogen) atoms. The van der Waals surface area contributed by atoms with Crippen molar-refractivity contribution < 1.29 is 9.53 Å². The van der Waals surface area contributed by atoms with Crippen molar-refractivity contribution >= 4 is 33.4 Å². The fraction of sp³-hybridized carbons (Fsp3) is 0.417. The highest BCUT2D eigenvalue weighted by Gasteiger charge is 2.15. The van der Waals surface area contributed by atoms with Crippen molar-refractivity contribution in [2.24, 2.45) is 0 Å². The summed E-state index contributed by atoms with van der Waals surface area (Å²) in [7, 11) is 3.32. The maximum atomic E-state index is 12.0. The molecule has 94 valence electrons. The first-order valence-electron chi connectivity index (χ1n) is 5.18. The Bertz CT molecular complexity index is 369. The molecule has 0 heterocycles. The molecule has 1 aromatic carbocycles. The summed E-state index contributed by atoms with van der Waals surface area (Å²) in [5, 5.41) is -0.190. The number of alkyl halides is 1. The van der Waals surface area contributed by atoms with Crippen molar-refractivity contribution in [3.05, 3.63) is 34.3 Å². The molecule has 3 nitrogen and oxygen atoms in total. The summed E-state index contributed by atoms with van der Waals surface area (Å²) in [6.45, 7) is 0.893. The zero-order chi connectivity index (χ0) is 12.8. The van der Waals surface area contributed by atoms with Gasteiger partial charge in [-0.05, 0) is 24.3 Å². The van der Waals surface area contributed by atoms with Crippen molar-refractivity contribution in [1.82, 2.24) is 4.90 Å². The number of ether oxygens (including phenoxy) is 1. The Kier molecular flexibility index (Phi) is 5.95. The Morgan fingerprint density at radius 1 is 1.47 bits per heavy atom. The van der Waals surface area contributed by atoms with E-state index in [1.165, 1.54) is 0 Å². The number of carbonyl (C=O) groups excluding carboxylic acids is 1. The first kappa shape index (κ1) is 14.5. The average Bonchev–Trinajstić information content (AvgIpc) is 2.29. The van der Waals surface area contributed by atoms with Crippen LogP contribution in [0.1, 0.15) is 10.4 Å².